The zero-order chi connectivity index (χ0) is 18.5. The molecule has 2 aromatic rings. The Bertz CT molecular complexity index is 772. The zero-order valence-corrected chi connectivity index (χ0v) is 15.2. The van der Waals surface area contributed by atoms with E-state index >= 15 is 0 Å². The van der Waals surface area contributed by atoms with E-state index in [1.165, 1.54) is 0 Å². The molecule has 26 heavy (non-hydrogen) atoms. The number of anilines is 1. The van der Waals surface area contributed by atoms with Gasteiger partial charge in [-0.3, -0.25) is 9.59 Å². The molecule has 1 aliphatic heterocycles. The van der Waals surface area contributed by atoms with Gasteiger partial charge in [-0.05, 0) is 38.1 Å². The normalized spacial score (nSPS) is 16.6. The van der Waals surface area contributed by atoms with E-state index < -0.39 is 0 Å². The van der Waals surface area contributed by atoms with Crippen molar-refractivity contribution in [1.82, 2.24) is 4.90 Å². The van der Waals surface area contributed by atoms with E-state index in [0.29, 0.717) is 36.8 Å². The van der Waals surface area contributed by atoms with Crippen LogP contribution in [0.4, 0.5) is 5.69 Å². The van der Waals surface area contributed by atoms with Gasteiger partial charge in [-0.1, -0.05) is 30.3 Å². The fourth-order valence-corrected chi connectivity index (χ4v) is 3.28. The van der Waals surface area contributed by atoms with E-state index in [4.69, 9.17) is 4.74 Å². The molecule has 1 saturated heterocycles. The Morgan fingerprint density at radius 2 is 1.73 bits per heavy atom. The highest BCUT2D eigenvalue weighted by Gasteiger charge is 2.37. The molecule has 1 heterocycles. The molecule has 0 saturated carbocycles. The van der Waals surface area contributed by atoms with Crippen LogP contribution < -0.4 is 9.64 Å². The van der Waals surface area contributed by atoms with Crippen LogP contribution >= 0.6 is 0 Å². The van der Waals surface area contributed by atoms with Crippen molar-refractivity contribution in [2.75, 3.05) is 24.5 Å². The Morgan fingerprint density at radius 1 is 1.08 bits per heavy atom. The lowest BCUT2D eigenvalue weighted by Gasteiger charge is -2.23. The minimum absolute atomic E-state index is 0.0420. The van der Waals surface area contributed by atoms with Gasteiger partial charge in [0.15, 0.2) is 5.75 Å². The maximum Gasteiger partial charge on any atom is 0.227 e. The number of benzene rings is 2. The lowest BCUT2D eigenvalue weighted by molar-refractivity contribution is -0.135. The van der Waals surface area contributed by atoms with Gasteiger partial charge in [-0.2, -0.15) is 0 Å². The van der Waals surface area contributed by atoms with Gasteiger partial charge in [0.1, 0.15) is 5.75 Å². The standard InChI is InChI=1S/C21H24N2O3/c1-3-22(4-2)21(25)16-14-20(24)23(15-16)18-12-8-9-13-19(18)26-17-10-6-5-7-11-17/h5-13,16H,3-4,14-15H2,1-2H3. The molecule has 3 rings (SSSR count). The number of hydrogen-bond donors (Lipinski definition) is 0. The van der Waals surface area contributed by atoms with Crippen LogP contribution in [0.2, 0.25) is 0 Å². The van der Waals surface area contributed by atoms with E-state index in [9.17, 15) is 9.59 Å². The van der Waals surface area contributed by atoms with Crippen molar-refractivity contribution in [3.63, 3.8) is 0 Å². The number of carbonyl (C=O) groups is 2. The number of nitrogens with zero attached hydrogens (tertiary/aromatic N) is 2. The second kappa shape index (κ2) is 8.04. The molecule has 136 valence electrons. The summed E-state index contributed by atoms with van der Waals surface area (Å²) in [6, 6.07) is 16.9. The summed E-state index contributed by atoms with van der Waals surface area (Å²) in [4.78, 5) is 28.7. The summed E-state index contributed by atoms with van der Waals surface area (Å²) in [6.45, 7) is 5.63. The van der Waals surface area contributed by atoms with Crippen LogP contribution in [0.1, 0.15) is 20.3 Å². The molecule has 5 nitrogen and oxygen atoms in total. The molecule has 2 amide bonds. The summed E-state index contributed by atoms with van der Waals surface area (Å²) in [5.41, 5.74) is 0.705. The van der Waals surface area contributed by atoms with Crippen LogP contribution in [0.15, 0.2) is 54.6 Å². The monoisotopic (exact) mass is 352 g/mol. The summed E-state index contributed by atoms with van der Waals surface area (Å²) in [5.74, 6) is 1.03. The van der Waals surface area contributed by atoms with Gasteiger partial charge in [0, 0.05) is 26.1 Å². The molecule has 1 aliphatic rings. The first-order valence-electron chi connectivity index (χ1n) is 9.05. The van der Waals surface area contributed by atoms with E-state index in [1.807, 2.05) is 68.4 Å². The third kappa shape index (κ3) is 3.72. The first kappa shape index (κ1) is 18.0. The van der Waals surface area contributed by atoms with Gasteiger partial charge in [0.2, 0.25) is 11.8 Å². The first-order chi connectivity index (χ1) is 12.6. The Kier molecular flexibility index (Phi) is 5.56. The van der Waals surface area contributed by atoms with Gasteiger partial charge >= 0.3 is 0 Å². The van der Waals surface area contributed by atoms with Crippen LogP contribution in [0, 0.1) is 5.92 Å². The van der Waals surface area contributed by atoms with Crippen LogP contribution in [0.3, 0.4) is 0 Å². The highest BCUT2D eigenvalue weighted by molar-refractivity contribution is 6.01. The first-order valence-corrected chi connectivity index (χ1v) is 9.05. The summed E-state index contributed by atoms with van der Waals surface area (Å²) < 4.78 is 5.97. The van der Waals surface area contributed by atoms with E-state index in [-0.39, 0.29) is 24.2 Å². The number of amides is 2. The molecule has 0 radical (unpaired) electrons. The van der Waals surface area contributed by atoms with Crippen molar-refractivity contribution in [2.45, 2.75) is 20.3 Å². The average molecular weight is 352 g/mol. The zero-order valence-electron chi connectivity index (χ0n) is 15.2. The number of carbonyl (C=O) groups excluding carboxylic acids is 2. The van der Waals surface area contributed by atoms with Crippen LogP contribution in [-0.4, -0.2) is 36.3 Å². The average Bonchev–Trinajstić information content (AvgIpc) is 3.05. The predicted octanol–water partition coefficient (Wildman–Crippen LogP) is 3.70. The second-order valence-corrected chi connectivity index (χ2v) is 6.30. The minimum atomic E-state index is -0.299. The summed E-state index contributed by atoms with van der Waals surface area (Å²) in [5, 5.41) is 0. The second-order valence-electron chi connectivity index (χ2n) is 6.30. The maximum absolute atomic E-state index is 12.6. The highest BCUT2D eigenvalue weighted by atomic mass is 16.5. The Hall–Kier alpha value is -2.82. The summed E-state index contributed by atoms with van der Waals surface area (Å²) in [6.07, 6.45) is 0.245. The van der Waals surface area contributed by atoms with Gasteiger partial charge in [0.25, 0.3) is 0 Å². The van der Waals surface area contributed by atoms with Gasteiger partial charge in [-0.15, -0.1) is 0 Å². The third-order valence-corrected chi connectivity index (χ3v) is 4.68. The quantitative estimate of drug-likeness (QED) is 0.796. The van der Waals surface area contributed by atoms with Crippen LogP contribution in [0.25, 0.3) is 0 Å². The maximum atomic E-state index is 12.6. The third-order valence-electron chi connectivity index (χ3n) is 4.68. The molecule has 0 aliphatic carbocycles. The van der Waals surface area contributed by atoms with Crippen molar-refractivity contribution in [2.24, 2.45) is 5.92 Å². The fourth-order valence-electron chi connectivity index (χ4n) is 3.28. The van der Waals surface area contributed by atoms with E-state index in [2.05, 4.69) is 0 Å². The van der Waals surface area contributed by atoms with Gasteiger partial charge in [0.05, 0.1) is 11.6 Å². The highest BCUT2D eigenvalue weighted by Crippen LogP contribution is 2.36. The summed E-state index contributed by atoms with van der Waals surface area (Å²) >= 11 is 0. The molecule has 1 atom stereocenters. The molecule has 2 aromatic carbocycles. The van der Waals surface area contributed by atoms with Gasteiger partial charge in [-0.25, -0.2) is 0 Å². The van der Waals surface area contributed by atoms with Crippen LogP contribution in [0.5, 0.6) is 11.5 Å². The molecule has 0 bridgehead atoms. The molecule has 1 fully saturated rings. The van der Waals surface area contributed by atoms with Crippen molar-refractivity contribution in [3.8, 4) is 11.5 Å². The molecule has 0 aromatic heterocycles. The number of hydrogen-bond acceptors (Lipinski definition) is 3. The lowest BCUT2D eigenvalue weighted by atomic mass is 10.1. The Balaban J connectivity index is 1.81. The molecule has 0 N–H and O–H groups in total. The van der Waals surface area contributed by atoms with Crippen molar-refractivity contribution >= 4 is 17.5 Å². The van der Waals surface area contributed by atoms with Gasteiger partial charge < -0.3 is 14.5 Å². The predicted molar refractivity (Wildman–Crippen MR) is 101 cm³/mol. The van der Waals surface area contributed by atoms with E-state index in [1.54, 1.807) is 9.80 Å². The van der Waals surface area contributed by atoms with Crippen molar-refractivity contribution < 1.29 is 14.3 Å². The molecular formula is C21H24N2O3. The smallest absolute Gasteiger partial charge is 0.227 e. The minimum Gasteiger partial charge on any atom is -0.455 e. The SMILES string of the molecule is CCN(CC)C(=O)C1CC(=O)N(c2ccccc2Oc2ccccc2)C1. The Morgan fingerprint density at radius 3 is 2.42 bits per heavy atom. The largest absolute Gasteiger partial charge is 0.455 e. The van der Waals surface area contributed by atoms with Crippen LogP contribution in [-0.2, 0) is 9.59 Å². The topological polar surface area (TPSA) is 49.9 Å². The Labute approximate surface area is 154 Å². The molecular weight excluding hydrogens is 328 g/mol. The molecule has 1 unspecified atom stereocenters. The lowest BCUT2D eigenvalue weighted by Crippen LogP contribution is -2.37. The number of rotatable bonds is 6. The van der Waals surface area contributed by atoms with Crippen molar-refractivity contribution in [1.29, 1.82) is 0 Å². The number of para-hydroxylation sites is 3. The molecule has 0 spiro atoms. The fraction of sp³-hybridized carbons (Fsp3) is 0.333. The number of ether oxygens (including phenoxy) is 1. The van der Waals surface area contributed by atoms with E-state index in [0.717, 1.165) is 0 Å². The summed E-state index contributed by atoms with van der Waals surface area (Å²) in [7, 11) is 0. The van der Waals surface area contributed by atoms with Crippen molar-refractivity contribution in [3.05, 3.63) is 54.6 Å². The molecule has 5 heteroatoms.